The first kappa shape index (κ1) is 23.6. The summed E-state index contributed by atoms with van der Waals surface area (Å²) in [5, 5.41) is 7.81. The van der Waals surface area contributed by atoms with Gasteiger partial charge in [-0.2, -0.15) is 5.10 Å². The second-order valence-corrected chi connectivity index (χ2v) is 9.51. The van der Waals surface area contributed by atoms with E-state index in [1.807, 2.05) is 58.0 Å². The largest absolute Gasteiger partial charge is 0.486 e. The highest BCUT2D eigenvalue weighted by Gasteiger charge is 2.22. The molecule has 4 aromatic rings. The Morgan fingerprint density at radius 3 is 2.50 bits per heavy atom. The van der Waals surface area contributed by atoms with Gasteiger partial charge in [-0.25, -0.2) is 9.67 Å². The van der Waals surface area contributed by atoms with Crippen LogP contribution >= 0.6 is 0 Å². The number of hydrogen-bond acceptors (Lipinski definition) is 6. The van der Waals surface area contributed by atoms with E-state index in [1.165, 1.54) is 17.1 Å². The Labute approximate surface area is 208 Å². The number of fused-ring (bicyclic) bond motifs is 2. The van der Waals surface area contributed by atoms with Crippen LogP contribution in [0.5, 0.6) is 11.5 Å². The Hall–Kier alpha value is -4.14. The molecule has 1 aliphatic rings. The van der Waals surface area contributed by atoms with E-state index in [0.29, 0.717) is 35.7 Å². The summed E-state index contributed by atoms with van der Waals surface area (Å²) in [5.41, 5.74) is 4.08. The number of aryl methyl sites for hydroxylation is 2. The lowest BCUT2D eigenvalue weighted by Gasteiger charge is -2.25. The summed E-state index contributed by atoms with van der Waals surface area (Å²) in [6.07, 6.45) is 2.91. The van der Waals surface area contributed by atoms with Gasteiger partial charge < -0.3 is 14.8 Å². The molecule has 9 heteroatoms. The minimum Gasteiger partial charge on any atom is -0.486 e. The van der Waals surface area contributed by atoms with Crippen molar-refractivity contribution in [2.75, 3.05) is 13.2 Å². The SMILES string of the molecule is Cc1cc(C)cc(-n2ncc3c(=O)n(CC(=O)NC(c4ccc5c(c4)OCCO5)C(C)C)cnc32)c1. The van der Waals surface area contributed by atoms with Gasteiger partial charge in [-0.3, -0.25) is 14.2 Å². The molecule has 2 aromatic heterocycles. The smallest absolute Gasteiger partial charge is 0.264 e. The molecule has 0 bridgehead atoms. The van der Waals surface area contributed by atoms with E-state index < -0.39 is 0 Å². The fraction of sp³-hybridized carbons (Fsp3) is 0.333. The quantitative estimate of drug-likeness (QED) is 0.447. The van der Waals surface area contributed by atoms with Gasteiger partial charge in [-0.15, -0.1) is 0 Å². The predicted octanol–water partition coefficient (Wildman–Crippen LogP) is 3.48. The van der Waals surface area contributed by atoms with Crippen LogP contribution in [0.2, 0.25) is 0 Å². The minimum atomic E-state index is -0.314. The standard InChI is InChI=1S/C27H29N5O4/c1-16(2)25(19-5-6-22-23(12-19)36-8-7-35-22)30-24(33)14-31-15-28-26-21(27(31)34)13-29-32(26)20-10-17(3)9-18(4)11-20/h5-6,9-13,15-16,25H,7-8,14H2,1-4H3,(H,30,33). The number of aromatic nitrogens is 4. The van der Waals surface area contributed by atoms with E-state index in [2.05, 4.69) is 21.5 Å². The molecule has 0 fully saturated rings. The number of nitrogens with one attached hydrogen (secondary N) is 1. The molecular weight excluding hydrogens is 458 g/mol. The van der Waals surface area contributed by atoms with Crippen molar-refractivity contribution in [3.8, 4) is 17.2 Å². The number of carbonyl (C=O) groups excluding carboxylic acids is 1. The van der Waals surface area contributed by atoms with Gasteiger partial charge in [0.1, 0.15) is 31.5 Å². The fourth-order valence-corrected chi connectivity index (χ4v) is 4.59. The third-order valence-electron chi connectivity index (χ3n) is 6.23. The van der Waals surface area contributed by atoms with Crippen molar-refractivity contribution in [3.05, 3.63) is 76.0 Å². The van der Waals surface area contributed by atoms with Gasteiger partial charge in [-0.05, 0) is 60.7 Å². The average Bonchev–Trinajstić information content (AvgIpc) is 3.28. The maximum atomic E-state index is 13.2. The summed E-state index contributed by atoms with van der Waals surface area (Å²) in [4.78, 5) is 30.6. The van der Waals surface area contributed by atoms with E-state index in [9.17, 15) is 9.59 Å². The van der Waals surface area contributed by atoms with Crippen LogP contribution in [0.4, 0.5) is 0 Å². The molecule has 0 spiro atoms. The van der Waals surface area contributed by atoms with Crippen molar-refractivity contribution in [2.45, 2.75) is 40.3 Å². The molecule has 1 amide bonds. The van der Waals surface area contributed by atoms with Crippen LogP contribution in [0.3, 0.4) is 0 Å². The van der Waals surface area contributed by atoms with Crippen LogP contribution in [-0.4, -0.2) is 38.5 Å². The molecule has 1 N–H and O–H groups in total. The number of carbonyl (C=O) groups is 1. The molecule has 9 nitrogen and oxygen atoms in total. The Balaban J connectivity index is 1.38. The molecule has 0 saturated heterocycles. The predicted molar refractivity (Wildman–Crippen MR) is 136 cm³/mol. The zero-order chi connectivity index (χ0) is 25.4. The second kappa shape index (κ2) is 9.49. The van der Waals surface area contributed by atoms with E-state index >= 15 is 0 Å². The lowest BCUT2D eigenvalue weighted by atomic mass is 9.95. The molecule has 2 aromatic carbocycles. The summed E-state index contributed by atoms with van der Waals surface area (Å²) >= 11 is 0. The first-order valence-corrected chi connectivity index (χ1v) is 12.0. The van der Waals surface area contributed by atoms with E-state index in [0.717, 1.165) is 22.4 Å². The van der Waals surface area contributed by atoms with Crippen molar-refractivity contribution in [2.24, 2.45) is 5.92 Å². The molecule has 1 atom stereocenters. The maximum Gasteiger partial charge on any atom is 0.264 e. The van der Waals surface area contributed by atoms with Crippen LogP contribution < -0.4 is 20.3 Å². The van der Waals surface area contributed by atoms with E-state index in [-0.39, 0.29) is 30.0 Å². The van der Waals surface area contributed by atoms with Gasteiger partial charge in [0.25, 0.3) is 5.56 Å². The normalized spacial score (nSPS) is 13.7. The van der Waals surface area contributed by atoms with Crippen LogP contribution in [0.25, 0.3) is 16.7 Å². The van der Waals surface area contributed by atoms with E-state index in [1.54, 1.807) is 4.68 Å². The number of hydrogen-bond donors (Lipinski definition) is 1. The molecule has 1 unspecified atom stereocenters. The van der Waals surface area contributed by atoms with Crippen molar-refractivity contribution in [1.29, 1.82) is 0 Å². The number of amides is 1. The zero-order valence-corrected chi connectivity index (χ0v) is 20.8. The Bertz CT molecular complexity index is 1480. The van der Waals surface area contributed by atoms with Crippen molar-refractivity contribution in [3.63, 3.8) is 0 Å². The van der Waals surface area contributed by atoms with Crippen molar-refractivity contribution >= 4 is 16.9 Å². The molecule has 1 aliphatic heterocycles. The summed E-state index contributed by atoms with van der Waals surface area (Å²) in [6, 6.07) is 11.5. The van der Waals surface area contributed by atoms with Gasteiger partial charge >= 0.3 is 0 Å². The van der Waals surface area contributed by atoms with Crippen molar-refractivity contribution in [1.82, 2.24) is 24.6 Å². The average molecular weight is 488 g/mol. The number of rotatable bonds is 6. The van der Waals surface area contributed by atoms with Crippen LogP contribution in [-0.2, 0) is 11.3 Å². The molecule has 3 heterocycles. The molecule has 0 radical (unpaired) electrons. The highest BCUT2D eigenvalue weighted by Crippen LogP contribution is 2.34. The number of ether oxygens (including phenoxy) is 2. The molecule has 5 rings (SSSR count). The van der Waals surface area contributed by atoms with Crippen molar-refractivity contribution < 1.29 is 14.3 Å². The number of nitrogens with zero attached hydrogens (tertiary/aromatic N) is 4. The summed E-state index contributed by atoms with van der Waals surface area (Å²) in [7, 11) is 0. The fourth-order valence-electron chi connectivity index (χ4n) is 4.59. The molecular formula is C27H29N5O4. The maximum absolute atomic E-state index is 13.2. The summed E-state index contributed by atoms with van der Waals surface area (Å²) < 4.78 is 14.3. The van der Waals surface area contributed by atoms with Gasteiger partial charge in [-0.1, -0.05) is 26.0 Å². The highest BCUT2D eigenvalue weighted by molar-refractivity contribution is 5.78. The molecule has 0 saturated carbocycles. The summed E-state index contributed by atoms with van der Waals surface area (Å²) in [5.74, 6) is 1.20. The Morgan fingerprint density at radius 1 is 1.06 bits per heavy atom. The first-order valence-electron chi connectivity index (χ1n) is 12.0. The first-order chi connectivity index (χ1) is 17.3. The Morgan fingerprint density at radius 2 is 1.78 bits per heavy atom. The van der Waals surface area contributed by atoms with E-state index in [4.69, 9.17) is 9.47 Å². The van der Waals surface area contributed by atoms with Gasteiger partial charge in [0.05, 0.1) is 17.9 Å². The number of benzene rings is 2. The third kappa shape index (κ3) is 4.56. The van der Waals surface area contributed by atoms with Crippen LogP contribution in [0.1, 0.15) is 36.6 Å². The lowest BCUT2D eigenvalue weighted by molar-refractivity contribution is -0.122. The van der Waals surface area contributed by atoms with Gasteiger partial charge in [0.15, 0.2) is 17.1 Å². The van der Waals surface area contributed by atoms with Gasteiger partial charge in [0.2, 0.25) is 5.91 Å². The third-order valence-corrected chi connectivity index (χ3v) is 6.23. The lowest BCUT2D eigenvalue weighted by Crippen LogP contribution is -2.36. The van der Waals surface area contributed by atoms with Gasteiger partial charge in [0, 0.05) is 0 Å². The molecule has 0 aliphatic carbocycles. The van der Waals surface area contributed by atoms with Crippen LogP contribution in [0.15, 0.2) is 53.7 Å². The van der Waals surface area contributed by atoms with Crippen LogP contribution in [0, 0.1) is 19.8 Å². The molecule has 36 heavy (non-hydrogen) atoms. The molecule has 186 valence electrons. The monoisotopic (exact) mass is 487 g/mol. The zero-order valence-electron chi connectivity index (χ0n) is 20.8. The Kier molecular flexibility index (Phi) is 6.22. The second-order valence-electron chi connectivity index (χ2n) is 9.51. The minimum absolute atomic E-state index is 0.116. The topological polar surface area (TPSA) is 100 Å². The summed E-state index contributed by atoms with van der Waals surface area (Å²) in [6.45, 7) is 8.95. The highest BCUT2D eigenvalue weighted by atomic mass is 16.6.